The Morgan fingerprint density at radius 2 is 1.84 bits per heavy atom. The molecule has 1 aliphatic heterocycles. The second-order valence-corrected chi connectivity index (χ2v) is 15.4. The summed E-state index contributed by atoms with van der Waals surface area (Å²) in [5, 5.41) is 7.90. The Hall–Kier alpha value is -3.67. The van der Waals surface area contributed by atoms with Gasteiger partial charge in [-0.1, -0.05) is 39.0 Å². The smallest absolute Gasteiger partial charge is 0.409 e. The van der Waals surface area contributed by atoms with Gasteiger partial charge in [-0.15, -0.1) is 0 Å². The van der Waals surface area contributed by atoms with Crippen molar-refractivity contribution in [2.24, 2.45) is 34.8 Å². The Morgan fingerprint density at radius 1 is 1.12 bits per heavy atom. The molecular formula is C38H56N6O5. The van der Waals surface area contributed by atoms with Gasteiger partial charge in [0.15, 0.2) is 0 Å². The highest BCUT2D eigenvalue weighted by molar-refractivity contribution is 5.96. The molecule has 0 unspecified atom stereocenters. The minimum absolute atomic E-state index is 0.0619. The molecule has 4 fully saturated rings. The second-order valence-electron chi connectivity index (χ2n) is 15.4. The molecule has 11 heteroatoms. The topological polar surface area (TPSA) is 129 Å². The number of anilines is 1. The number of nitrogens with one attached hydrogen (secondary N) is 2. The molecule has 2 aromatic rings. The van der Waals surface area contributed by atoms with E-state index in [1.54, 1.807) is 26.2 Å². The van der Waals surface area contributed by atoms with Crippen LogP contribution in [0, 0.1) is 36.0 Å². The highest BCUT2D eigenvalue weighted by atomic mass is 16.7. The van der Waals surface area contributed by atoms with Gasteiger partial charge in [0.2, 0.25) is 5.91 Å². The van der Waals surface area contributed by atoms with E-state index in [4.69, 9.17) is 15.3 Å². The number of amides is 3. The summed E-state index contributed by atoms with van der Waals surface area (Å²) in [7, 11) is 8.80. The molecule has 3 aliphatic carbocycles. The summed E-state index contributed by atoms with van der Waals surface area (Å²) in [6.45, 7) is 11.3. The highest BCUT2D eigenvalue weighted by Gasteiger charge is 2.57. The van der Waals surface area contributed by atoms with Crippen molar-refractivity contribution in [1.29, 1.82) is 0 Å². The van der Waals surface area contributed by atoms with Crippen LogP contribution in [0.5, 0.6) is 0 Å². The largest absolute Gasteiger partial charge is 0.446 e. The van der Waals surface area contributed by atoms with Gasteiger partial charge in [0.25, 0.3) is 5.91 Å². The maximum atomic E-state index is 14.5. The lowest BCUT2D eigenvalue weighted by Crippen LogP contribution is -2.62. The molecule has 1 heterocycles. The van der Waals surface area contributed by atoms with Crippen molar-refractivity contribution >= 4 is 23.6 Å². The fourth-order valence-electron chi connectivity index (χ4n) is 8.49. The predicted molar refractivity (Wildman–Crippen MR) is 192 cm³/mol. The molecule has 2 bridgehead atoms. The van der Waals surface area contributed by atoms with Crippen LogP contribution < -0.4 is 21.3 Å². The number of hydrogen-bond acceptors (Lipinski definition) is 8. The van der Waals surface area contributed by atoms with E-state index in [2.05, 4.69) is 44.4 Å². The Bertz CT molecular complexity index is 1560. The van der Waals surface area contributed by atoms with E-state index in [0.717, 1.165) is 34.4 Å². The van der Waals surface area contributed by atoms with Gasteiger partial charge in [-0.2, -0.15) is 5.06 Å². The summed E-state index contributed by atoms with van der Waals surface area (Å²) in [4.78, 5) is 49.7. The number of hydroxylamine groups is 2. The molecule has 8 atom stereocenters. The van der Waals surface area contributed by atoms with Crippen molar-refractivity contribution in [3.05, 3.63) is 53.1 Å². The maximum absolute atomic E-state index is 14.5. The average molecular weight is 677 g/mol. The fraction of sp³-hybridized carbons (Fsp3) is 0.605. The van der Waals surface area contributed by atoms with Crippen LogP contribution in [0.1, 0.15) is 62.0 Å². The van der Waals surface area contributed by atoms with Crippen LogP contribution in [0.15, 0.2) is 36.4 Å². The normalized spacial score (nSPS) is 27.9. The Labute approximate surface area is 291 Å². The molecule has 6 rings (SSSR count). The number of carbonyl (C=O) groups is 3. The Morgan fingerprint density at radius 3 is 2.43 bits per heavy atom. The molecule has 0 aromatic heterocycles. The molecule has 1 saturated heterocycles. The van der Waals surface area contributed by atoms with Crippen LogP contribution in [-0.2, 0) is 20.9 Å². The van der Waals surface area contributed by atoms with Gasteiger partial charge in [-0.3, -0.25) is 14.4 Å². The molecule has 3 saturated carbocycles. The first-order valence-electron chi connectivity index (χ1n) is 17.5. The lowest BCUT2D eigenvalue weighted by Gasteiger charge is -2.62. The molecule has 0 spiro atoms. The summed E-state index contributed by atoms with van der Waals surface area (Å²) in [5.74, 6) is 0.725. The zero-order valence-electron chi connectivity index (χ0n) is 30.9. The second kappa shape index (κ2) is 14.3. The van der Waals surface area contributed by atoms with Gasteiger partial charge < -0.3 is 30.9 Å². The quantitative estimate of drug-likeness (QED) is 0.338. The summed E-state index contributed by atoms with van der Waals surface area (Å²) in [6.07, 6.45) is 0.512. The Kier molecular flexibility index (Phi) is 10.7. The molecule has 49 heavy (non-hydrogen) atoms. The van der Waals surface area contributed by atoms with Crippen LogP contribution in [0.2, 0.25) is 0 Å². The molecule has 2 aromatic carbocycles. The molecule has 3 amide bonds. The number of nitrogens with two attached hydrogens (primary N) is 1. The van der Waals surface area contributed by atoms with E-state index in [9.17, 15) is 14.4 Å². The third-order valence-electron chi connectivity index (χ3n) is 11.8. The average Bonchev–Trinajstić information content (AvgIpc) is 3.44. The van der Waals surface area contributed by atoms with E-state index in [-0.39, 0.29) is 24.4 Å². The van der Waals surface area contributed by atoms with Crippen LogP contribution in [0.4, 0.5) is 10.5 Å². The summed E-state index contributed by atoms with van der Waals surface area (Å²) in [6, 6.07) is 11.2. The molecule has 4 aliphatic rings. The molecular weight excluding hydrogens is 620 g/mol. The fourth-order valence-corrected chi connectivity index (χ4v) is 8.49. The third kappa shape index (κ3) is 7.03. The molecule has 4 N–H and O–H groups in total. The SMILES string of the molecule is CNC(=O)c1cc(-c2cccc(CN3O[C@@H](CN)[C@@H]([C@H](C)OC(=O)N(C)C)[C@H]3C(=O)N[C@H]3C[C@@H]4C[C@H]([C@@H]3C)C4(C)C)c2C)cc(N(C)C)c1. The van der Waals surface area contributed by atoms with Gasteiger partial charge in [0.05, 0.1) is 18.6 Å². The van der Waals surface area contributed by atoms with Gasteiger partial charge >= 0.3 is 6.09 Å². The van der Waals surface area contributed by atoms with Crippen molar-refractivity contribution in [2.45, 2.75) is 78.3 Å². The van der Waals surface area contributed by atoms with E-state index in [1.807, 2.05) is 56.3 Å². The van der Waals surface area contributed by atoms with Gasteiger partial charge in [-0.25, -0.2) is 4.79 Å². The van der Waals surface area contributed by atoms with E-state index in [1.165, 1.54) is 11.3 Å². The lowest BCUT2D eigenvalue weighted by atomic mass is 9.45. The number of nitrogens with zero attached hydrogens (tertiary/aromatic N) is 3. The monoisotopic (exact) mass is 676 g/mol. The number of rotatable bonds is 10. The summed E-state index contributed by atoms with van der Waals surface area (Å²) >= 11 is 0. The highest BCUT2D eigenvalue weighted by Crippen LogP contribution is 2.61. The van der Waals surface area contributed by atoms with Gasteiger partial charge in [0, 0.05) is 59.1 Å². The minimum Gasteiger partial charge on any atom is -0.446 e. The van der Waals surface area contributed by atoms with Crippen molar-refractivity contribution in [2.75, 3.05) is 46.7 Å². The van der Waals surface area contributed by atoms with E-state index >= 15 is 0 Å². The van der Waals surface area contributed by atoms with Gasteiger partial charge in [0.1, 0.15) is 12.1 Å². The number of benzene rings is 2. The molecule has 268 valence electrons. The van der Waals surface area contributed by atoms with E-state index in [0.29, 0.717) is 35.3 Å². The maximum Gasteiger partial charge on any atom is 0.409 e. The first-order valence-corrected chi connectivity index (χ1v) is 17.5. The molecule has 11 nitrogen and oxygen atoms in total. The van der Waals surface area contributed by atoms with Crippen molar-refractivity contribution < 1.29 is 24.0 Å². The number of ether oxygens (including phenoxy) is 1. The molecule has 0 radical (unpaired) electrons. The standard InChI is InChI=1S/C38H56N6O5/c1-21-24(12-11-13-29(21)25-14-26(35(45)40-6)16-28(15-25)42(7)8)20-44-34(33(32(19-39)49-44)23(3)48-37(47)43(9)10)36(46)41-31-18-27-17-30(22(31)2)38(27,4)5/h11-16,22-23,27,30-34H,17-20,39H2,1-10H3,(H,40,45)(H,41,46)/t22-,23-,27-,30+,31-,32-,33+,34-/m0/s1. The Balaban J connectivity index is 1.48. The van der Waals surface area contributed by atoms with E-state index < -0.39 is 30.3 Å². The van der Waals surface area contributed by atoms with Crippen molar-refractivity contribution in [3.63, 3.8) is 0 Å². The number of hydrogen-bond donors (Lipinski definition) is 3. The zero-order valence-corrected chi connectivity index (χ0v) is 30.9. The van der Waals surface area contributed by atoms with Crippen LogP contribution in [0.25, 0.3) is 11.1 Å². The summed E-state index contributed by atoms with van der Waals surface area (Å²) < 4.78 is 5.85. The van der Waals surface area contributed by atoms with Crippen molar-refractivity contribution in [1.82, 2.24) is 20.6 Å². The lowest BCUT2D eigenvalue weighted by molar-refractivity contribution is -0.175. The number of fused-ring (bicyclic) bond motifs is 2. The number of carbonyl (C=O) groups excluding carboxylic acids is 3. The first-order chi connectivity index (χ1) is 23.1. The van der Waals surface area contributed by atoms with Gasteiger partial charge in [-0.05, 0) is 90.3 Å². The minimum atomic E-state index is -0.739. The van der Waals surface area contributed by atoms with Crippen LogP contribution in [0.3, 0.4) is 0 Å². The van der Waals surface area contributed by atoms with Crippen molar-refractivity contribution in [3.8, 4) is 11.1 Å². The van der Waals surface area contributed by atoms with Crippen LogP contribution in [-0.4, -0.2) is 93.9 Å². The predicted octanol–water partition coefficient (Wildman–Crippen LogP) is 4.42. The zero-order chi connectivity index (χ0) is 35.9. The van der Waals surface area contributed by atoms with Crippen LogP contribution >= 0.6 is 0 Å². The third-order valence-corrected chi connectivity index (χ3v) is 11.8. The summed E-state index contributed by atoms with van der Waals surface area (Å²) in [5.41, 5.74) is 11.9. The first kappa shape index (κ1) is 36.6.